The fourth-order valence-corrected chi connectivity index (χ4v) is 3.37. The molecule has 1 N–H and O–H groups in total. The van der Waals surface area contributed by atoms with Crippen LogP contribution in [-0.4, -0.2) is 31.5 Å². The summed E-state index contributed by atoms with van der Waals surface area (Å²) in [6.07, 6.45) is 5.54. The van der Waals surface area contributed by atoms with Crippen LogP contribution in [0, 0.1) is 0 Å². The molecule has 0 amide bonds. The number of aromatic nitrogens is 2. The van der Waals surface area contributed by atoms with Crippen molar-refractivity contribution in [3.8, 4) is 0 Å². The molecule has 1 saturated heterocycles. The number of aliphatic hydroxyl groups is 1. The fraction of sp³-hybridized carbons (Fsp3) is 0.727. The number of thioether (sulfide) groups is 1. The zero-order valence-electron chi connectivity index (χ0n) is 9.31. The second-order valence-corrected chi connectivity index (χ2v) is 5.86. The van der Waals surface area contributed by atoms with Crippen molar-refractivity contribution < 1.29 is 5.11 Å². The molecule has 2 rings (SSSR count). The van der Waals surface area contributed by atoms with Gasteiger partial charge in [-0.05, 0) is 18.9 Å². The molecule has 1 aliphatic heterocycles. The first kappa shape index (κ1) is 11.0. The number of aryl methyl sites for hydroxylation is 1. The topological polar surface area (TPSA) is 38.0 Å². The summed E-state index contributed by atoms with van der Waals surface area (Å²) in [7, 11) is 0. The summed E-state index contributed by atoms with van der Waals surface area (Å²) in [4.78, 5) is 0. The van der Waals surface area contributed by atoms with Gasteiger partial charge in [0.25, 0.3) is 0 Å². The summed E-state index contributed by atoms with van der Waals surface area (Å²) < 4.78 is 1.91. The van der Waals surface area contributed by atoms with Gasteiger partial charge in [-0.1, -0.05) is 6.92 Å². The molecule has 0 bridgehead atoms. The normalized spacial score (nSPS) is 31.0. The second-order valence-electron chi connectivity index (χ2n) is 4.43. The van der Waals surface area contributed by atoms with E-state index in [4.69, 9.17) is 0 Å². The lowest BCUT2D eigenvalue weighted by molar-refractivity contribution is 0.0642. The lowest BCUT2D eigenvalue weighted by atomic mass is 9.94. The molecule has 15 heavy (non-hydrogen) atoms. The smallest absolute Gasteiger partial charge is 0.0789 e. The third-order valence-corrected chi connectivity index (χ3v) is 4.29. The molecule has 2 atom stereocenters. The molecule has 0 aliphatic carbocycles. The zero-order valence-corrected chi connectivity index (χ0v) is 10.1. The van der Waals surface area contributed by atoms with E-state index in [2.05, 4.69) is 18.9 Å². The molecule has 0 saturated carbocycles. The van der Waals surface area contributed by atoms with Gasteiger partial charge in [-0.15, -0.1) is 0 Å². The Hall–Kier alpha value is -0.480. The summed E-state index contributed by atoms with van der Waals surface area (Å²) in [6, 6.07) is 0. The largest absolute Gasteiger partial charge is 0.389 e. The van der Waals surface area contributed by atoms with Crippen molar-refractivity contribution in [2.45, 2.75) is 44.1 Å². The molecular weight excluding hydrogens is 208 g/mol. The maximum atomic E-state index is 10.3. The molecule has 4 heteroatoms. The van der Waals surface area contributed by atoms with Crippen molar-refractivity contribution in [2.75, 3.05) is 5.75 Å². The maximum Gasteiger partial charge on any atom is 0.0789 e. The molecule has 0 aromatic carbocycles. The molecule has 3 nitrogen and oxygen atoms in total. The Morgan fingerprint density at radius 3 is 3.07 bits per heavy atom. The van der Waals surface area contributed by atoms with Gasteiger partial charge >= 0.3 is 0 Å². The summed E-state index contributed by atoms with van der Waals surface area (Å²) >= 11 is 1.86. The van der Waals surface area contributed by atoms with Gasteiger partial charge in [-0.3, -0.25) is 4.68 Å². The Morgan fingerprint density at radius 2 is 2.53 bits per heavy atom. The van der Waals surface area contributed by atoms with Gasteiger partial charge in [-0.25, -0.2) is 0 Å². The summed E-state index contributed by atoms with van der Waals surface area (Å²) in [6.45, 7) is 5.14. The first-order valence-electron chi connectivity index (χ1n) is 5.46. The average Bonchev–Trinajstić information content (AvgIpc) is 2.74. The van der Waals surface area contributed by atoms with Crippen LogP contribution in [0.4, 0.5) is 0 Å². The molecule has 1 aromatic rings. The van der Waals surface area contributed by atoms with Gasteiger partial charge in [0.2, 0.25) is 0 Å². The van der Waals surface area contributed by atoms with Gasteiger partial charge in [0.1, 0.15) is 0 Å². The van der Waals surface area contributed by atoms with Crippen LogP contribution in [0.15, 0.2) is 12.4 Å². The highest BCUT2D eigenvalue weighted by atomic mass is 32.2. The zero-order chi connectivity index (χ0) is 10.9. The highest BCUT2D eigenvalue weighted by Gasteiger charge is 2.36. The monoisotopic (exact) mass is 226 g/mol. The van der Waals surface area contributed by atoms with Crippen LogP contribution in [0.3, 0.4) is 0 Å². The predicted octanol–water partition coefficient (Wildman–Crippen LogP) is 1.70. The number of hydrogen-bond acceptors (Lipinski definition) is 3. The quantitative estimate of drug-likeness (QED) is 0.852. The van der Waals surface area contributed by atoms with E-state index in [1.165, 1.54) is 0 Å². The van der Waals surface area contributed by atoms with E-state index in [0.29, 0.717) is 5.25 Å². The fourth-order valence-electron chi connectivity index (χ4n) is 2.12. The minimum absolute atomic E-state index is 0.508. The highest BCUT2D eigenvalue weighted by molar-refractivity contribution is 8.00. The van der Waals surface area contributed by atoms with E-state index < -0.39 is 5.60 Å². The van der Waals surface area contributed by atoms with Crippen LogP contribution in [0.1, 0.15) is 25.8 Å². The molecule has 2 unspecified atom stereocenters. The molecule has 0 radical (unpaired) electrons. The molecular formula is C11H18N2OS. The molecule has 0 spiro atoms. The Kier molecular flexibility index (Phi) is 3.07. The SMILES string of the molecule is CCn1cc(CC2(O)CSC(C)C2)cn1. The van der Waals surface area contributed by atoms with Gasteiger partial charge in [0, 0.05) is 30.2 Å². The minimum Gasteiger partial charge on any atom is -0.389 e. The standard InChI is InChI=1S/C11H18N2OS/c1-3-13-7-10(6-12-13)5-11(14)4-9(2)15-8-11/h6-7,9,14H,3-5,8H2,1-2H3. The second kappa shape index (κ2) is 4.18. The number of hydrogen-bond donors (Lipinski definition) is 1. The van der Waals surface area contributed by atoms with Crippen molar-refractivity contribution in [2.24, 2.45) is 0 Å². The third kappa shape index (κ3) is 2.55. The molecule has 1 fully saturated rings. The van der Waals surface area contributed by atoms with Crippen LogP contribution in [0.25, 0.3) is 0 Å². The van der Waals surface area contributed by atoms with Crippen molar-refractivity contribution in [3.63, 3.8) is 0 Å². The Balaban J connectivity index is 2.02. The van der Waals surface area contributed by atoms with Gasteiger partial charge in [0.05, 0.1) is 11.8 Å². The Bertz CT molecular complexity index is 339. The van der Waals surface area contributed by atoms with E-state index in [0.717, 1.165) is 30.7 Å². The Morgan fingerprint density at radius 1 is 1.73 bits per heavy atom. The lowest BCUT2D eigenvalue weighted by Crippen LogP contribution is -2.31. The van der Waals surface area contributed by atoms with E-state index in [9.17, 15) is 5.11 Å². The number of rotatable bonds is 3. The molecule has 84 valence electrons. The van der Waals surface area contributed by atoms with Gasteiger partial charge < -0.3 is 5.11 Å². The first-order valence-corrected chi connectivity index (χ1v) is 6.51. The van der Waals surface area contributed by atoms with E-state index >= 15 is 0 Å². The van der Waals surface area contributed by atoms with E-state index in [1.807, 2.05) is 28.8 Å². The van der Waals surface area contributed by atoms with E-state index in [1.54, 1.807) is 0 Å². The van der Waals surface area contributed by atoms with Crippen LogP contribution in [0.2, 0.25) is 0 Å². The first-order chi connectivity index (χ1) is 7.11. The molecule has 2 heterocycles. The van der Waals surface area contributed by atoms with Crippen LogP contribution in [-0.2, 0) is 13.0 Å². The van der Waals surface area contributed by atoms with Gasteiger partial charge in [0.15, 0.2) is 0 Å². The lowest BCUT2D eigenvalue weighted by Gasteiger charge is -2.20. The summed E-state index contributed by atoms with van der Waals surface area (Å²) in [5, 5.41) is 15.1. The number of nitrogens with zero attached hydrogens (tertiary/aromatic N) is 2. The van der Waals surface area contributed by atoms with Crippen LogP contribution < -0.4 is 0 Å². The molecule has 1 aromatic heterocycles. The predicted molar refractivity (Wildman–Crippen MR) is 63.1 cm³/mol. The third-order valence-electron chi connectivity index (χ3n) is 2.85. The van der Waals surface area contributed by atoms with Crippen LogP contribution in [0.5, 0.6) is 0 Å². The molecule has 1 aliphatic rings. The maximum absolute atomic E-state index is 10.3. The summed E-state index contributed by atoms with van der Waals surface area (Å²) in [5.74, 6) is 0.853. The van der Waals surface area contributed by atoms with Gasteiger partial charge in [-0.2, -0.15) is 16.9 Å². The average molecular weight is 226 g/mol. The Labute approximate surface area is 94.9 Å². The van der Waals surface area contributed by atoms with Crippen molar-refractivity contribution in [3.05, 3.63) is 18.0 Å². The van der Waals surface area contributed by atoms with Crippen LogP contribution >= 0.6 is 11.8 Å². The highest BCUT2D eigenvalue weighted by Crippen LogP contribution is 2.36. The summed E-state index contributed by atoms with van der Waals surface area (Å²) in [5.41, 5.74) is 0.639. The van der Waals surface area contributed by atoms with Crippen molar-refractivity contribution in [1.82, 2.24) is 9.78 Å². The minimum atomic E-state index is -0.508. The van der Waals surface area contributed by atoms with E-state index in [-0.39, 0.29) is 0 Å². The van der Waals surface area contributed by atoms with Crippen molar-refractivity contribution in [1.29, 1.82) is 0 Å². The van der Waals surface area contributed by atoms with Crippen molar-refractivity contribution >= 4 is 11.8 Å².